The summed E-state index contributed by atoms with van der Waals surface area (Å²) in [5, 5.41) is 7.71. The lowest BCUT2D eigenvalue weighted by molar-refractivity contribution is 0.0984. The van der Waals surface area contributed by atoms with E-state index in [0.717, 1.165) is 28.2 Å². The second kappa shape index (κ2) is 10.3. The van der Waals surface area contributed by atoms with Crippen LogP contribution in [-0.2, 0) is 26.6 Å². The van der Waals surface area contributed by atoms with Gasteiger partial charge >= 0.3 is 6.03 Å². The van der Waals surface area contributed by atoms with E-state index >= 15 is 0 Å². The topological polar surface area (TPSA) is 70.5 Å². The molecule has 0 bridgehead atoms. The highest BCUT2D eigenvalue weighted by molar-refractivity contribution is 6.06. The van der Waals surface area contributed by atoms with Gasteiger partial charge in [-0.15, -0.1) is 0 Å². The Morgan fingerprint density at radius 3 is 2.41 bits per heavy atom. The Kier molecular flexibility index (Phi) is 6.72. The zero-order valence-corrected chi connectivity index (χ0v) is 20.8. The van der Waals surface area contributed by atoms with Gasteiger partial charge in [-0.1, -0.05) is 35.9 Å². The van der Waals surface area contributed by atoms with Crippen molar-refractivity contribution in [2.75, 3.05) is 16.8 Å². The average Bonchev–Trinajstić information content (AvgIpc) is 3.23. The van der Waals surface area contributed by atoms with Crippen LogP contribution in [0.3, 0.4) is 0 Å². The van der Waals surface area contributed by atoms with Gasteiger partial charge in [0.05, 0.1) is 18.8 Å². The number of carbonyl (C=O) groups is 2. The van der Waals surface area contributed by atoms with Crippen LogP contribution in [-0.4, -0.2) is 33.2 Å². The van der Waals surface area contributed by atoms with Gasteiger partial charge in [0.15, 0.2) is 0 Å². The Balaban J connectivity index is 1.41. The van der Waals surface area contributed by atoms with Gasteiger partial charge in [-0.25, -0.2) is 9.18 Å². The lowest BCUT2D eigenvalue weighted by atomic mass is 10.0. The highest BCUT2D eigenvalue weighted by Crippen LogP contribution is 2.27. The van der Waals surface area contributed by atoms with E-state index in [-0.39, 0.29) is 18.5 Å². The summed E-state index contributed by atoms with van der Waals surface area (Å²) in [5.74, 6) is -0.652. The van der Waals surface area contributed by atoms with E-state index in [2.05, 4.69) is 5.32 Å². The number of urea groups is 1. The molecular weight excluding hydrogens is 469 g/mol. The van der Waals surface area contributed by atoms with E-state index in [1.807, 2.05) is 73.3 Å². The predicted molar refractivity (Wildman–Crippen MR) is 141 cm³/mol. The second-order valence-electron chi connectivity index (χ2n) is 9.20. The maximum absolute atomic E-state index is 13.5. The molecule has 1 N–H and O–H groups in total. The number of anilines is 2. The van der Waals surface area contributed by atoms with Crippen LogP contribution < -0.4 is 10.2 Å². The maximum atomic E-state index is 13.5. The molecule has 0 saturated carbocycles. The molecular formula is C29H28FN5O2. The maximum Gasteiger partial charge on any atom is 0.322 e. The molecule has 0 saturated heterocycles. The van der Waals surface area contributed by atoms with Gasteiger partial charge in [-0.2, -0.15) is 5.10 Å². The van der Waals surface area contributed by atoms with E-state index < -0.39 is 5.82 Å². The molecule has 0 aliphatic carbocycles. The predicted octanol–water partition coefficient (Wildman–Crippen LogP) is 5.30. The SMILES string of the molecule is Cc1ccc(NC(=O)N2CCc3c(c(CN(C(=O)c4ccc(F)cc4)c4ccccc4)nn3C)C2)cc1. The number of hydrogen-bond donors (Lipinski definition) is 1. The summed E-state index contributed by atoms with van der Waals surface area (Å²) in [6, 6.07) is 22.4. The molecule has 4 aromatic rings. The highest BCUT2D eigenvalue weighted by atomic mass is 19.1. The number of rotatable bonds is 5. The van der Waals surface area contributed by atoms with Gasteiger partial charge in [0.25, 0.3) is 5.91 Å². The monoisotopic (exact) mass is 497 g/mol. The Morgan fingerprint density at radius 1 is 1.00 bits per heavy atom. The fourth-order valence-electron chi connectivity index (χ4n) is 4.60. The minimum absolute atomic E-state index is 0.174. The van der Waals surface area contributed by atoms with Crippen LogP contribution in [0.1, 0.15) is 32.9 Å². The molecule has 1 aromatic heterocycles. The molecule has 0 atom stereocenters. The standard InChI is InChI=1S/C29H28FN5O2/c1-20-8-14-23(15-9-20)31-29(37)34-17-16-27-25(18-34)26(32-33(27)2)19-35(24-6-4-3-5-7-24)28(36)21-10-12-22(30)13-11-21/h3-15H,16-19H2,1-2H3,(H,31,37). The Morgan fingerprint density at radius 2 is 1.70 bits per heavy atom. The van der Waals surface area contributed by atoms with Crippen molar-refractivity contribution in [3.8, 4) is 0 Å². The number of halogens is 1. The molecule has 1 aliphatic rings. The number of hydrogen-bond acceptors (Lipinski definition) is 3. The summed E-state index contributed by atoms with van der Waals surface area (Å²) in [4.78, 5) is 30.0. The first-order valence-corrected chi connectivity index (χ1v) is 12.2. The van der Waals surface area contributed by atoms with Crippen molar-refractivity contribution in [2.24, 2.45) is 7.05 Å². The average molecular weight is 498 g/mol. The molecule has 0 spiro atoms. The first-order valence-electron chi connectivity index (χ1n) is 12.2. The Bertz CT molecular complexity index is 1420. The van der Waals surface area contributed by atoms with Crippen LogP contribution in [0.4, 0.5) is 20.6 Å². The van der Waals surface area contributed by atoms with Gasteiger partial charge in [0.2, 0.25) is 0 Å². The highest BCUT2D eigenvalue weighted by Gasteiger charge is 2.29. The van der Waals surface area contributed by atoms with E-state index in [4.69, 9.17) is 5.10 Å². The van der Waals surface area contributed by atoms with Crippen molar-refractivity contribution >= 4 is 23.3 Å². The largest absolute Gasteiger partial charge is 0.322 e. The summed E-state index contributed by atoms with van der Waals surface area (Å²) >= 11 is 0. The van der Waals surface area contributed by atoms with Crippen LogP contribution in [0.2, 0.25) is 0 Å². The molecule has 0 unspecified atom stereocenters. The van der Waals surface area contributed by atoms with Crippen molar-refractivity contribution < 1.29 is 14.0 Å². The number of fused-ring (bicyclic) bond motifs is 1. The number of benzene rings is 3. The van der Waals surface area contributed by atoms with Gasteiger partial charge < -0.3 is 15.1 Å². The second-order valence-corrected chi connectivity index (χ2v) is 9.20. The fourth-order valence-corrected chi connectivity index (χ4v) is 4.60. The van der Waals surface area contributed by atoms with E-state index in [0.29, 0.717) is 30.8 Å². The van der Waals surface area contributed by atoms with E-state index in [9.17, 15) is 14.0 Å². The molecule has 3 aromatic carbocycles. The first-order chi connectivity index (χ1) is 17.9. The van der Waals surface area contributed by atoms with Crippen molar-refractivity contribution in [3.05, 3.63) is 113 Å². The normalized spacial score (nSPS) is 12.7. The summed E-state index contributed by atoms with van der Waals surface area (Å²) in [7, 11) is 1.89. The van der Waals surface area contributed by atoms with Crippen molar-refractivity contribution in [1.82, 2.24) is 14.7 Å². The van der Waals surface area contributed by atoms with Crippen LogP contribution in [0, 0.1) is 12.7 Å². The number of aryl methyl sites for hydroxylation is 2. The van der Waals surface area contributed by atoms with Crippen molar-refractivity contribution in [2.45, 2.75) is 26.4 Å². The third kappa shape index (κ3) is 5.23. The van der Waals surface area contributed by atoms with Crippen molar-refractivity contribution in [1.29, 1.82) is 0 Å². The molecule has 37 heavy (non-hydrogen) atoms. The van der Waals surface area contributed by atoms with Gasteiger partial charge in [0, 0.05) is 48.2 Å². The molecule has 3 amide bonds. The number of nitrogens with one attached hydrogen (secondary N) is 1. The molecule has 1 aliphatic heterocycles. The molecule has 0 fully saturated rings. The summed E-state index contributed by atoms with van der Waals surface area (Å²) in [5.41, 5.74) is 5.68. The zero-order valence-electron chi connectivity index (χ0n) is 20.8. The third-order valence-electron chi connectivity index (χ3n) is 6.63. The molecule has 7 nitrogen and oxygen atoms in total. The summed E-state index contributed by atoms with van der Waals surface area (Å²) in [6.45, 7) is 3.18. The Labute approximate surface area is 215 Å². The zero-order chi connectivity index (χ0) is 25.9. The molecule has 8 heteroatoms. The number of para-hydroxylation sites is 1. The lowest BCUT2D eigenvalue weighted by Crippen LogP contribution is -2.39. The van der Waals surface area contributed by atoms with Crippen LogP contribution in [0.5, 0.6) is 0 Å². The van der Waals surface area contributed by atoms with E-state index in [1.54, 1.807) is 9.80 Å². The quantitative estimate of drug-likeness (QED) is 0.407. The first kappa shape index (κ1) is 24.2. The number of aromatic nitrogens is 2. The molecule has 2 heterocycles. The fraction of sp³-hybridized carbons (Fsp3) is 0.207. The van der Waals surface area contributed by atoms with E-state index in [1.165, 1.54) is 24.3 Å². The lowest BCUT2D eigenvalue weighted by Gasteiger charge is -2.29. The number of carbonyl (C=O) groups excluding carboxylic acids is 2. The van der Waals surface area contributed by atoms with Crippen LogP contribution >= 0.6 is 0 Å². The third-order valence-corrected chi connectivity index (χ3v) is 6.63. The smallest absolute Gasteiger partial charge is 0.320 e. The van der Waals surface area contributed by atoms with Crippen molar-refractivity contribution in [3.63, 3.8) is 0 Å². The Hall–Kier alpha value is -4.46. The van der Waals surface area contributed by atoms with Gasteiger partial charge in [-0.3, -0.25) is 9.48 Å². The van der Waals surface area contributed by atoms with Gasteiger partial charge in [0.1, 0.15) is 5.82 Å². The molecule has 188 valence electrons. The molecule has 0 radical (unpaired) electrons. The summed E-state index contributed by atoms with van der Waals surface area (Å²) < 4.78 is 15.3. The molecule has 5 rings (SSSR count). The van der Waals surface area contributed by atoms with Crippen LogP contribution in [0.15, 0.2) is 78.9 Å². The van der Waals surface area contributed by atoms with Gasteiger partial charge in [-0.05, 0) is 55.5 Å². The number of nitrogens with zero attached hydrogens (tertiary/aromatic N) is 4. The number of amides is 3. The summed E-state index contributed by atoms with van der Waals surface area (Å²) in [6.07, 6.45) is 0.664. The van der Waals surface area contributed by atoms with Crippen LogP contribution in [0.25, 0.3) is 0 Å². The minimum Gasteiger partial charge on any atom is -0.320 e. The minimum atomic E-state index is -0.398.